The molecule has 3 heterocycles. The third-order valence-electron chi connectivity index (χ3n) is 5.98. The zero-order valence-corrected chi connectivity index (χ0v) is 16.5. The van der Waals surface area contributed by atoms with Crippen molar-refractivity contribution >= 4 is 34.1 Å². The molecule has 1 aliphatic carbocycles. The number of rotatable bonds is 2. The Morgan fingerprint density at radius 1 is 1.00 bits per heavy atom. The minimum atomic E-state index is -0.223. The number of nitrogens with zero attached hydrogens (tertiary/aromatic N) is 2. The number of thiophene rings is 1. The Hall–Kier alpha value is -3.18. The molecule has 1 N–H and O–H groups in total. The predicted octanol–water partition coefficient (Wildman–Crippen LogP) is 5.37. The summed E-state index contributed by atoms with van der Waals surface area (Å²) in [7, 11) is 0. The molecular formula is C24H19N3OS. The van der Waals surface area contributed by atoms with Crippen molar-refractivity contribution in [2.24, 2.45) is 5.92 Å². The number of imidazole rings is 1. The zero-order chi connectivity index (χ0) is 19.4. The fraction of sp³-hybridized carbons (Fsp3) is 0.167. The van der Waals surface area contributed by atoms with Gasteiger partial charge in [-0.2, -0.15) is 0 Å². The summed E-state index contributed by atoms with van der Waals surface area (Å²) >= 11 is 1.71. The molecule has 0 saturated carbocycles. The second kappa shape index (κ2) is 6.42. The predicted molar refractivity (Wildman–Crippen MR) is 116 cm³/mol. The van der Waals surface area contributed by atoms with E-state index < -0.39 is 0 Å². The number of para-hydroxylation sites is 2. The van der Waals surface area contributed by atoms with Gasteiger partial charge in [0.15, 0.2) is 0 Å². The van der Waals surface area contributed by atoms with E-state index in [0.29, 0.717) is 6.42 Å². The third-order valence-corrected chi connectivity index (χ3v) is 6.98. The molecule has 29 heavy (non-hydrogen) atoms. The van der Waals surface area contributed by atoms with Crippen LogP contribution in [-0.2, 0) is 4.79 Å². The molecule has 0 unspecified atom stereocenters. The van der Waals surface area contributed by atoms with E-state index in [2.05, 4.69) is 51.7 Å². The van der Waals surface area contributed by atoms with Crippen molar-refractivity contribution in [1.29, 1.82) is 0 Å². The maximum absolute atomic E-state index is 13.5. The van der Waals surface area contributed by atoms with Crippen LogP contribution < -0.4 is 5.32 Å². The lowest BCUT2D eigenvalue weighted by molar-refractivity contribution is -0.123. The number of carbonyl (C=O) groups is 1. The van der Waals surface area contributed by atoms with Gasteiger partial charge in [-0.1, -0.05) is 54.6 Å². The Labute approximate surface area is 172 Å². The van der Waals surface area contributed by atoms with E-state index >= 15 is 0 Å². The largest absolute Gasteiger partial charge is 0.329 e. The molecule has 0 bridgehead atoms. The normalized spacial score (nSPS) is 23.2. The first-order valence-corrected chi connectivity index (χ1v) is 10.7. The highest BCUT2D eigenvalue weighted by atomic mass is 32.1. The summed E-state index contributed by atoms with van der Waals surface area (Å²) in [5.74, 6) is 1.00. The van der Waals surface area contributed by atoms with Gasteiger partial charge >= 0.3 is 0 Å². The second-order valence-corrected chi connectivity index (χ2v) is 8.65. The van der Waals surface area contributed by atoms with Gasteiger partial charge in [-0.25, -0.2) is 4.98 Å². The number of hydrogen-bond donors (Lipinski definition) is 1. The first kappa shape index (κ1) is 16.7. The molecule has 2 aromatic heterocycles. The summed E-state index contributed by atoms with van der Waals surface area (Å²) in [4.78, 5) is 19.5. The van der Waals surface area contributed by atoms with Crippen molar-refractivity contribution in [3.05, 3.63) is 94.3 Å². The molecule has 2 aromatic carbocycles. The molecule has 6 rings (SSSR count). The Bertz CT molecular complexity index is 1240. The first-order chi connectivity index (χ1) is 14.3. The molecular weight excluding hydrogens is 378 g/mol. The summed E-state index contributed by atoms with van der Waals surface area (Å²) in [6, 6.07) is 22.6. The van der Waals surface area contributed by atoms with Gasteiger partial charge in [0.2, 0.25) is 5.95 Å². The average molecular weight is 398 g/mol. The van der Waals surface area contributed by atoms with Crippen LogP contribution in [0.5, 0.6) is 0 Å². The number of anilines is 1. The minimum absolute atomic E-state index is 0.0946. The lowest BCUT2D eigenvalue weighted by Gasteiger charge is -2.39. The minimum Gasteiger partial charge on any atom is -0.329 e. The van der Waals surface area contributed by atoms with Crippen LogP contribution in [0.15, 0.2) is 83.9 Å². The van der Waals surface area contributed by atoms with E-state index in [1.807, 2.05) is 36.4 Å². The number of aromatic nitrogens is 2. The standard InChI is InChI=1S/C24H19N3OS/c28-20-14-16(21-11-6-12-29-21)13-18-22(20)23(15-7-2-1-3-8-15)27-19-10-5-4-9-17(19)25-24(27)26-18/h1-13,16,22-23H,14H2,(H,25,26)/t16-,22+,23+/m1/s1. The lowest BCUT2D eigenvalue weighted by atomic mass is 9.77. The van der Waals surface area contributed by atoms with Crippen LogP contribution in [0.2, 0.25) is 0 Å². The number of nitrogens with one attached hydrogen (secondary N) is 1. The Balaban J connectivity index is 1.58. The van der Waals surface area contributed by atoms with E-state index in [1.54, 1.807) is 11.3 Å². The first-order valence-electron chi connectivity index (χ1n) is 9.86. The van der Waals surface area contributed by atoms with Crippen LogP contribution in [0.25, 0.3) is 11.0 Å². The SMILES string of the molecule is O=C1C[C@H](c2cccs2)C=C2Nc3nc4ccccc4n3[C@@H](c3ccccc3)[C@H]12. The third kappa shape index (κ3) is 2.58. The van der Waals surface area contributed by atoms with E-state index in [0.717, 1.165) is 28.2 Å². The van der Waals surface area contributed by atoms with Gasteiger partial charge < -0.3 is 9.88 Å². The zero-order valence-electron chi connectivity index (χ0n) is 15.7. The van der Waals surface area contributed by atoms with E-state index in [1.165, 1.54) is 4.88 Å². The van der Waals surface area contributed by atoms with Crippen molar-refractivity contribution < 1.29 is 4.79 Å². The second-order valence-electron chi connectivity index (χ2n) is 7.67. The van der Waals surface area contributed by atoms with Gasteiger partial charge in [0, 0.05) is 22.9 Å². The topological polar surface area (TPSA) is 46.9 Å². The van der Waals surface area contributed by atoms with Gasteiger partial charge in [0.05, 0.1) is 23.0 Å². The molecule has 1 aliphatic heterocycles. The smallest absolute Gasteiger partial charge is 0.208 e. The van der Waals surface area contributed by atoms with E-state index in [9.17, 15) is 4.79 Å². The number of fused-ring (bicyclic) bond motifs is 4. The molecule has 4 nitrogen and oxygen atoms in total. The molecule has 0 radical (unpaired) electrons. The average Bonchev–Trinajstić information content (AvgIpc) is 3.40. The number of Topliss-reactive ketones (excluding diaryl/α,β-unsaturated/α-hetero) is 1. The molecule has 142 valence electrons. The molecule has 0 saturated heterocycles. The summed E-state index contributed by atoms with van der Waals surface area (Å²) < 4.78 is 2.20. The maximum Gasteiger partial charge on any atom is 0.208 e. The van der Waals surface area contributed by atoms with Gasteiger partial charge in [0.25, 0.3) is 0 Å². The number of benzene rings is 2. The monoisotopic (exact) mass is 397 g/mol. The van der Waals surface area contributed by atoms with Gasteiger partial charge in [0.1, 0.15) is 5.78 Å². The Kier molecular flexibility index (Phi) is 3.71. The fourth-order valence-corrected chi connectivity index (χ4v) is 5.53. The maximum atomic E-state index is 13.5. The van der Waals surface area contributed by atoms with Crippen molar-refractivity contribution in [2.75, 3.05) is 5.32 Å². The number of allylic oxidation sites excluding steroid dienone is 2. The van der Waals surface area contributed by atoms with Crippen molar-refractivity contribution in [2.45, 2.75) is 18.4 Å². The van der Waals surface area contributed by atoms with Gasteiger partial charge in [-0.3, -0.25) is 4.79 Å². The Morgan fingerprint density at radius 2 is 1.83 bits per heavy atom. The van der Waals surface area contributed by atoms with Crippen LogP contribution in [-0.4, -0.2) is 15.3 Å². The summed E-state index contributed by atoms with van der Waals surface area (Å²) in [5, 5.41) is 5.58. The number of carbonyl (C=O) groups excluding carboxylic acids is 1. The highest BCUT2D eigenvalue weighted by Gasteiger charge is 2.43. The van der Waals surface area contributed by atoms with Crippen molar-refractivity contribution in [3.63, 3.8) is 0 Å². The molecule has 3 atom stereocenters. The van der Waals surface area contributed by atoms with Crippen LogP contribution in [0.3, 0.4) is 0 Å². The lowest BCUT2D eigenvalue weighted by Crippen LogP contribution is -2.39. The van der Waals surface area contributed by atoms with E-state index in [4.69, 9.17) is 4.98 Å². The van der Waals surface area contributed by atoms with Crippen LogP contribution in [0.4, 0.5) is 5.95 Å². The van der Waals surface area contributed by atoms with Crippen LogP contribution in [0, 0.1) is 5.92 Å². The molecule has 4 aromatic rings. The van der Waals surface area contributed by atoms with Gasteiger partial charge in [-0.05, 0) is 29.1 Å². The molecule has 5 heteroatoms. The summed E-state index contributed by atoms with van der Waals surface area (Å²) in [6.07, 6.45) is 2.79. The molecule has 0 spiro atoms. The van der Waals surface area contributed by atoms with Gasteiger partial charge in [-0.15, -0.1) is 11.3 Å². The quantitative estimate of drug-likeness (QED) is 0.495. The Morgan fingerprint density at radius 3 is 2.66 bits per heavy atom. The summed E-state index contributed by atoms with van der Waals surface area (Å²) in [6.45, 7) is 0. The number of ketones is 1. The highest BCUT2D eigenvalue weighted by Crippen LogP contribution is 2.46. The highest BCUT2D eigenvalue weighted by molar-refractivity contribution is 7.10. The molecule has 0 fully saturated rings. The molecule has 2 aliphatic rings. The van der Waals surface area contributed by atoms with Crippen molar-refractivity contribution in [1.82, 2.24) is 9.55 Å². The van der Waals surface area contributed by atoms with Crippen LogP contribution in [0.1, 0.15) is 28.8 Å². The van der Waals surface area contributed by atoms with Crippen molar-refractivity contribution in [3.8, 4) is 0 Å². The van der Waals surface area contributed by atoms with E-state index in [-0.39, 0.29) is 23.7 Å². The van der Waals surface area contributed by atoms with Crippen LogP contribution >= 0.6 is 11.3 Å². The molecule has 0 amide bonds. The fourth-order valence-electron chi connectivity index (χ4n) is 4.73. The summed E-state index contributed by atoms with van der Waals surface area (Å²) in [5.41, 5.74) is 4.11. The number of hydrogen-bond acceptors (Lipinski definition) is 4.